The molecule has 2 aromatic carbocycles. The molecule has 2 N–H and O–H groups in total. The van der Waals surface area contributed by atoms with Crippen LogP contribution in [-0.4, -0.2) is 54.6 Å². The van der Waals surface area contributed by atoms with E-state index in [1.807, 2.05) is 48.5 Å². The van der Waals surface area contributed by atoms with E-state index in [-0.39, 0.29) is 17.6 Å². The number of nitrogens with zero attached hydrogens (tertiary/aromatic N) is 5. The second-order valence-electron chi connectivity index (χ2n) is 8.79. The predicted molar refractivity (Wildman–Crippen MR) is 148 cm³/mol. The minimum atomic E-state index is -0.142. The molecular formula is C25H27N7O2S3. The first-order valence-electron chi connectivity index (χ1n) is 12.2. The summed E-state index contributed by atoms with van der Waals surface area (Å²) in [6.07, 6.45) is 5.81. The van der Waals surface area contributed by atoms with E-state index in [1.165, 1.54) is 54.1 Å². The molecule has 4 aromatic rings. The number of aromatic nitrogens is 5. The van der Waals surface area contributed by atoms with E-state index in [0.717, 1.165) is 33.0 Å². The Balaban J connectivity index is 1.11. The molecular weight excluding hydrogens is 527 g/mol. The van der Waals surface area contributed by atoms with Crippen LogP contribution in [0.3, 0.4) is 0 Å². The summed E-state index contributed by atoms with van der Waals surface area (Å²) < 4.78 is 3.50. The molecule has 0 radical (unpaired) electrons. The number of rotatable bonds is 10. The third-order valence-electron chi connectivity index (χ3n) is 5.96. The Hall–Kier alpha value is -2.96. The average Bonchev–Trinajstić information content (AvgIpc) is 3.53. The summed E-state index contributed by atoms with van der Waals surface area (Å²) in [5.74, 6) is 0.474. The van der Waals surface area contributed by atoms with Crippen molar-refractivity contribution in [1.82, 2.24) is 30.5 Å². The van der Waals surface area contributed by atoms with Crippen molar-refractivity contribution in [3.05, 3.63) is 54.1 Å². The number of hydrogen-bond acceptors (Lipinski definition) is 9. The molecule has 2 amide bonds. The highest BCUT2D eigenvalue weighted by Crippen LogP contribution is 2.31. The summed E-state index contributed by atoms with van der Waals surface area (Å²) in [5, 5.41) is 18.5. The lowest BCUT2D eigenvalue weighted by molar-refractivity contribution is -0.119. The van der Waals surface area contributed by atoms with Crippen LogP contribution < -0.4 is 10.6 Å². The molecule has 192 valence electrons. The van der Waals surface area contributed by atoms with Crippen LogP contribution in [0.2, 0.25) is 0 Å². The number of fused-ring (bicyclic) bond motifs is 1. The second-order valence-corrected chi connectivity index (χ2v) is 12.0. The lowest BCUT2D eigenvalue weighted by Crippen LogP contribution is -2.37. The number of thiazole rings is 1. The van der Waals surface area contributed by atoms with Gasteiger partial charge in [-0.2, -0.15) is 0 Å². The molecule has 37 heavy (non-hydrogen) atoms. The fourth-order valence-electron chi connectivity index (χ4n) is 4.17. The fraction of sp³-hybridized carbons (Fsp3) is 0.360. The number of nitrogens with one attached hydrogen (secondary N) is 2. The Morgan fingerprint density at radius 2 is 1.81 bits per heavy atom. The monoisotopic (exact) mass is 553 g/mol. The van der Waals surface area contributed by atoms with Crippen LogP contribution in [0.1, 0.15) is 37.7 Å². The van der Waals surface area contributed by atoms with Gasteiger partial charge in [0.05, 0.1) is 28.3 Å². The minimum Gasteiger partial charge on any atom is -0.353 e. The molecule has 0 aliphatic heterocycles. The summed E-state index contributed by atoms with van der Waals surface area (Å²) in [6.45, 7) is 0.544. The van der Waals surface area contributed by atoms with Crippen LogP contribution in [-0.2, 0) is 16.1 Å². The van der Waals surface area contributed by atoms with E-state index >= 15 is 0 Å². The van der Waals surface area contributed by atoms with Gasteiger partial charge in [0.25, 0.3) is 0 Å². The first kappa shape index (κ1) is 25.7. The fourth-order valence-corrected chi connectivity index (χ4v) is 6.76. The second kappa shape index (κ2) is 12.5. The molecule has 0 saturated heterocycles. The third kappa shape index (κ3) is 7.30. The van der Waals surface area contributed by atoms with Gasteiger partial charge in [-0.25, -0.2) is 9.67 Å². The molecule has 12 heteroatoms. The largest absolute Gasteiger partial charge is 0.353 e. The van der Waals surface area contributed by atoms with Crippen LogP contribution in [0.15, 0.2) is 58.0 Å². The molecule has 1 fully saturated rings. The van der Waals surface area contributed by atoms with Crippen molar-refractivity contribution in [2.24, 2.45) is 0 Å². The van der Waals surface area contributed by atoms with Crippen molar-refractivity contribution in [1.29, 1.82) is 0 Å². The molecule has 5 rings (SSSR count). The standard InChI is InChI=1S/C25H27N7O2S3/c33-22(15-35-24-29-30-31-32(24)14-17-7-3-1-4-8-17)27-19-11-12-20-21(13-19)37-25(28-20)36-16-23(34)26-18-9-5-2-6-10-18/h1,3-4,7-8,11-13,18H,2,5-6,9-10,14-16H2,(H,26,34)(H,27,33). The van der Waals surface area contributed by atoms with Crippen molar-refractivity contribution in [3.63, 3.8) is 0 Å². The Morgan fingerprint density at radius 1 is 1.00 bits per heavy atom. The maximum atomic E-state index is 12.6. The van der Waals surface area contributed by atoms with Gasteiger partial charge in [0, 0.05) is 11.7 Å². The molecule has 9 nitrogen and oxygen atoms in total. The molecule has 2 heterocycles. The Kier molecular flexibility index (Phi) is 8.69. The van der Waals surface area contributed by atoms with Crippen molar-refractivity contribution >= 4 is 62.6 Å². The van der Waals surface area contributed by atoms with Crippen LogP contribution in [0, 0.1) is 0 Å². The Morgan fingerprint density at radius 3 is 2.65 bits per heavy atom. The van der Waals surface area contributed by atoms with Gasteiger partial charge >= 0.3 is 0 Å². The van der Waals surface area contributed by atoms with E-state index < -0.39 is 0 Å². The molecule has 0 atom stereocenters. The lowest BCUT2D eigenvalue weighted by Gasteiger charge is -2.22. The number of carbonyl (C=O) groups excluding carboxylic acids is 2. The Labute approximate surface area is 227 Å². The van der Waals surface area contributed by atoms with Gasteiger partial charge in [-0.05, 0) is 47.0 Å². The zero-order chi connectivity index (χ0) is 25.5. The van der Waals surface area contributed by atoms with E-state index in [4.69, 9.17) is 0 Å². The van der Waals surface area contributed by atoms with E-state index in [0.29, 0.717) is 29.2 Å². The van der Waals surface area contributed by atoms with Crippen LogP contribution >= 0.6 is 34.9 Å². The van der Waals surface area contributed by atoms with Crippen LogP contribution in [0.25, 0.3) is 10.2 Å². The highest BCUT2D eigenvalue weighted by molar-refractivity contribution is 8.01. The topological polar surface area (TPSA) is 115 Å². The SMILES string of the molecule is O=C(CSc1nnnn1Cc1ccccc1)Nc1ccc2nc(SCC(=O)NC3CCCCC3)sc2c1. The lowest BCUT2D eigenvalue weighted by atomic mass is 9.95. The number of anilines is 1. The molecule has 0 unspecified atom stereocenters. The van der Waals surface area contributed by atoms with Gasteiger partial charge in [0.2, 0.25) is 17.0 Å². The molecule has 1 aliphatic carbocycles. The smallest absolute Gasteiger partial charge is 0.234 e. The van der Waals surface area contributed by atoms with Crippen molar-refractivity contribution in [2.75, 3.05) is 16.8 Å². The van der Waals surface area contributed by atoms with Crippen molar-refractivity contribution < 1.29 is 9.59 Å². The van der Waals surface area contributed by atoms with Gasteiger partial charge in [-0.15, -0.1) is 16.4 Å². The van der Waals surface area contributed by atoms with Crippen molar-refractivity contribution in [2.45, 2.75) is 54.2 Å². The zero-order valence-electron chi connectivity index (χ0n) is 20.1. The van der Waals surface area contributed by atoms with Gasteiger partial charge in [-0.1, -0.05) is 73.1 Å². The summed E-state index contributed by atoms with van der Waals surface area (Å²) in [4.78, 5) is 29.5. The van der Waals surface area contributed by atoms with E-state index in [1.54, 1.807) is 4.68 Å². The molecule has 1 aliphatic rings. The highest BCUT2D eigenvalue weighted by atomic mass is 32.2. The summed E-state index contributed by atoms with van der Waals surface area (Å²) >= 11 is 4.27. The molecule has 2 aromatic heterocycles. The quantitative estimate of drug-likeness (QED) is 0.274. The van der Waals surface area contributed by atoms with Crippen molar-refractivity contribution in [3.8, 4) is 0 Å². The van der Waals surface area contributed by atoms with Gasteiger partial charge < -0.3 is 10.6 Å². The maximum absolute atomic E-state index is 12.6. The summed E-state index contributed by atoms with van der Waals surface area (Å²) in [7, 11) is 0. The van der Waals surface area contributed by atoms with E-state index in [9.17, 15) is 9.59 Å². The first-order valence-corrected chi connectivity index (χ1v) is 15.0. The minimum absolute atomic E-state index is 0.0661. The number of tetrazole rings is 1. The number of carbonyl (C=O) groups is 2. The molecule has 1 saturated carbocycles. The first-order chi connectivity index (χ1) is 18.1. The van der Waals surface area contributed by atoms with Crippen LogP contribution in [0.5, 0.6) is 0 Å². The Bertz CT molecular complexity index is 1350. The number of hydrogen-bond donors (Lipinski definition) is 2. The summed E-state index contributed by atoms with van der Waals surface area (Å²) in [5.41, 5.74) is 2.64. The summed E-state index contributed by atoms with van der Waals surface area (Å²) in [6, 6.07) is 15.9. The normalized spacial score (nSPS) is 14.1. The predicted octanol–water partition coefficient (Wildman–Crippen LogP) is 4.60. The number of amides is 2. The van der Waals surface area contributed by atoms with Gasteiger partial charge in [0.15, 0.2) is 4.34 Å². The maximum Gasteiger partial charge on any atom is 0.234 e. The van der Waals surface area contributed by atoms with Gasteiger partial charge in [0.1, 0.15) is 0 Å². The third-order valence-corrected chi connectivity index (χ3v) is 9.07. The highest BCUT2D eigenvalue weighted by Gasteiger charge is 2.17. The molecule has 0 spiro atoms. The number of benzene rings is 2. The van der Waals surface area contributed by atoms with Crippen LogP contribution in [0.4, 0.5) is 5.69 Å². The average molecular weight is 554 g/mol. The van der Waals surface area contributed by atoms with Gasteiger partial charge in [-0.3, -0.25) is 9.59 Å². The van der Waals surface area contributed by atoms with E-state index in [2.05, 4.69) is 31.1 Å². The zero-order valence-corrected chi connectivity index (χ0v) is 22.6. The molecule has 0 bridgehead atoms. The number of thioether (sulfide) groups is 2.